The highest BCUT2D eigenvalue weighted by atomic mass is 16.3. The minimum atomic E-state index is -1.42. The monoisotopic (exact) mass is 612 g/mol. The number of rotatable bonds is 15. The normalized spacial score (nSPS) is 12.9. The summed E-state index contributed by atoms with van der Waals surface area (Å²) in [5.74, 6) is -3.05. The smallest absolute Gasteiger partial charge is 0.253 e. The van der Waals surface area contributed by atoms with Crippen LogP contribution in [0.5, 0.6) is 0 Å². The molecule has 2 aromatic rings. The van der Waals surface area contributed by atoms with Gasteiger partial charge in [0.15, 0.2) is 0 Å². The molecule has 10 nitrogen and oxygen atoms in total. The third-order valence-electron chi connectivity index (χ3n) is 6.88. The van der Waals surface area contributed by atoms with Gasteiger partial charge in [0, 0.05) is 42.9 Å². The van der Waals surface area contributed by atoms with Crippen LogP contribution in [-0.2, 0) is 4.79 Å². The SMILES string of the molecule is CCCN(CCC)C(=O)c1cc(C(N)=O)cc(C(=O)NCC(O)C(O)C(C(=O)NCC(C)C)C(C)C)c1.Cc1ccccc1. The minimum Gasteiger partial charge on any atom is -0.390 e. The molecule has 0 aliphatic rings. The molecule has 3 unspecified atom stereocenters. The summed E-state index contributed by atoms with van der Waals surface area (Å²) in [6.45, 7) is 14.6. The molecule has 244 valence electrons. The third-order valence-corrected chi connectivity index (χ3v) is 6.88. The Kier molecular flexibility index (Phi) is 17.0. The van der Waals surface area contributed by atoms with Crippen molar-refractivity contribution in [1.82, 2.24) is 15.5 Å². The molecule has 0 aromatic heterocycles. The molecule has 0 radical (unpaired) electrons. The van der Waals surface area contributed by atoms with E-state index in [1.165, 1.54) is 23.8 Å². The number of benzene rings is 2. The second-order valence-corrected chi connectivity index (χ2v) is 11.8. The van der Waals surface area contributed by atoms with Crippen molar-refractivity contribution in [1.29, 1.82) is 0 Å². The summed E-state index contributed by atoms with van der Waals surface area (Å²) in [4.78, 5) is 52.1. The number of primary amides is 1. The third kappa shape index (κ3) is 12.9. The average molecular weight is 613 g/mol. The fourth-order valence-corrected chi connectivity index (χ4v) is 4.53. The van der Waals surface area contributed by atoms with Crippen LogP contribution in [0.1, 0.15) is 91.0 Å². The molecule has 0 aliphatic carbocycles. The average Bonchev–Trinajstić information content (AvgIpc) is 2.98. The zero-order valence-corrected chi connectivity index (χ0v) is 27.3. The number of hydrogen-bond acceptors (Lipinski definition) is 6. The van der Waals surface area contributed by atoms with E-state index in [-0.39, 0.29) is 46.9 Å². The van der Waals surface area contributed by atoms with Gasteiger partial charge >= 0.3 is 0 Å². The number of carbonyl (C=O) groups is 4. The molecule has 10 heteroatoms. The molecule has 3 atom stereocenters. The first-order chi connectivity index (χ1) is 20.7. The van der Waals surface area contributed by atoms with E-state index in [2.05, 4.69) is 29.7 Å². The number of hydrogen-bond donors (Lipinski definition) is 5. The predicted octanol–water partition coefficient (Wildman–Crippen LogP) is 3.54. The van der Waals surface area contributed by atoms with Gasteiger partial charge < -0.3 is 31.5 Å². The van der Waals surface area contributed by atoms with Crippen molar-refractivity contribution in [2.75, 3.05) is 26.2 Å². The van der Waals surface area contributed by atoms with E-state index < -0.39 is 29.9 Å². The fraction of sp³-hybridized carbons (Fsp3) is 0.529. The molecular formula is C34H52N4O6. The highest BCUT2D eigenvalue weighted by Gasteiger charge is 2.34. The fourth-order valence-electron chi connectivity index (χ4n) is 4.53. The van der Waals surface area contributed by atoms with Crippen molar-refractivity contribution in [3.05, 3.63) is 70.8 Å². The lowest BCUT2D eigenvalue weighted by atomic mass is 9.86. The second kappa shape index (κ2) is 19.5. The highest BCUT2D eigenvalue weighted by molar-refractivity contribution is 6.04. The molecule has 2 aromatic carbocycles. The van der Waals surface area contributed by atoms with E-state index in [1.54, 1.807) is 18.7 Å². The van der Waals surface area contributed by atoms with E-state index in [4.69, 9.17) is 5.73 Å². The standard InChI is InChI=1S/C27H44N4O6.C7H8/c1-7-9-31(10-8-2)27(37)20-12-18(24(28)34)11-19(13-20)25(35)30-15-21(32)23(33)22(17(5)6)26(36)29-14-16(3)4;1-7-5-3-2-4-6-7/h11-13,16-17,21-23,32-33H,7-10,14-15H2,1-6H3,(H2,28,34)(H,29,36)(H,30,35);2-6H,1H3. The summed E-state index contributed by atoms with van der Waals surface area (Å²) >= 11 is 0. The number of amides is 4. The Bertz CT molecular complexity index is 1200. The van der Waals surface area contributed by atoms with Crippen LogP contribution < -0.4 is 16.4 Å². The lowest BCUT2D eigenvalue weighted by molar-refractivity contribution is -0.134. The predicted molar refractivity (Wildman–Crippen MR) is 173 cm³/mol. The van der Waals surface area contributed by atoms with E-state index >= 15 is 0 Å². The molecule has 4 amide bonds. The quantitative estimate of drug-likeness (QED) is 0.207. The van der Waals surface area contributed by atoms with Gasteiger partial charge in [0.25, 0.3) is 11.8 Å². The zero-order valence-electron chi connectivity index (χ0n) is 27.3. The topological polar surface area (TPSA) is 162 Å². The van der Waals surface area contributed by atoms with Crippen LogP contribution in [0.25, 0.3) is 0 Å². The van der Waals surface area contributed by atoms with Crippen LogP contribution >= 0.6 is 0 Å². The van der Waals surface area contributed by atoms with Crippen molar-refractivity contribution >= 4 is 23.6 Å². The van der Waals surface area contributed by atoms with E-state index in [1.807, 2.05) is 45.9 Å². The Balaban J connectivity index is 0.00000120. The molecule has 2 rings (SSSR count). The Morgan fingerprint density at radius 1 is 0.818 bits per heavy atom. The lowest BCUT2D eigenvalue weighted by Gasteiger charge is -2.29. The summed E-state index contributed by atoms with van der Waals surface area (Å²) in [7, 11) is 0. The summed E-state index contributed by atoms with van der Waals surface area (Å²) in [6.07, 6.45) is -1.34. The largest absolute Gasteiger partial charge is 0.390 e. The number of nitrogens with one attached hydrogen (secondary N) is 2. The molecule has 0 bridgehead atoms. The molecule has 0 fully saturated rings. The minimum absolute atomic E-state index is 0.00576. The van der Waals surface area contributed by atoms with Crippen LogP contribution in [0.15, 0.2) is 48.5 Å². The van der Waals surface area contributed by atoms with Crippen molar-refractivity contribution in [2.45, 2.75) is 73.5 Å². The number of carbonyl (C=O) groups excluding carboxylic acids is 4. The summed E-state index contributed by atoms with van der Waals surface area (Å²) < 4.78 is 0. The van der Waals surface area contributed by atoms with Gasteiger partial charge in [0.2, 0.25) is 11.8 Å². The second-order valence-electron chi connectivity index (χ2n) is 11.8. The first kappa shape index (κ1) is 38.3. The van der Waals surface area contributed by atoms with Gasteiger partial charge in [-0.2, -0.15) is 0 Å². The molecule has 0 heterocycles. The summed E-state index contributed by atoms with van der Waals surface area (Å²) in [6, 6.07) is 14.3. The summed E-state index contributed by atoms with van der Waals surface area (Å²) in [5.41, 5.74) is 6.94. The van der Waals surface area contributed by atoms with Crippen LogP contribution in [0, 0.1) is 24.7 Å². The van der Waals surface area contributed by atoms with Gasteiger partial charge in [-0.05, 0) is 49.8 Å². The van der Waals surface area contributed by atoms with Gasteiger partial charge in [0.1, 0.15) is 0 Å². The summed E-state index contributed by atoms with van der Waals surface area (Å²) in [5, 5.41) is 26.5. The number of aryl methyl sites for hydroxylation is 1. The molecule has 0 saturated heterocycles. The van der Waals surface area contributed by atoms with Crippen LogP contribution in [-0.4, -0.2) is 77.1 Å². The Labute approximate surface area is 262 Å². The highest BCUT2D eigenvalue weighted by Crippen LogP contribution is 2.19. The van der Waals surface area contributed by atoms with Crippen LogP contribution in [0.4, 0.5) is 0 Å². The maximum atomic E-state index is 13.1. The number of aliphatic hydroxyl groups is 2. The molecule has 0 saturated carbocycles. The van der Waals surface area contributed by atoms with Crippen molar-refractivity contribution < 1.29 is 29.4 Å². The number of nitrogens with zero attached hydrogens (tertiary/aromatic N) is 1. The van der Waals surface area contributed by atoms with E-state index in [0.717, 1.165) is 12.8 Å². The van der Waals surface area contributed by atoms with Gasteiger partial charge in [-0.25, -0.2) is 0 Å². The van der Waals surface area contributed by atoms with Crippen molar-refractivity contribution in [3.63, 3.8) is 0 Å². The lowest BCUT2D eigenvalue weighted by Crippen LogP contribution is -2.49. The molecular weight excluding hydrogens is 560 g/mol. The van der Waals surface area contributed by atoms with Gasteiger partial charge in [-0.3, -0.25) is 19.2 Å². The Morgan fingerprint density at radius 2 is 1.36 bits per heavy atom. The maximum absolute atomic E-state index is 13.1. The molecule has 0 spiro atoms. The van der Waals surface area contributed by atoms with E-state index in [9.17, 15) is 29.4 Å². The van der Waals surface area contributed by atoms with Crippen LogP contribution in [0.3, 0.4) is 0 Å². The van der Waals surface area contributed by atoms with E-state index in [0.29, 0.717) is 19.6 Å². The molecule has 6 N–H and O–H groups in total. The van der Waals surface area contributed by atoms with Crippen molar-refractivity contribution in [2.24, 2.45) is 23.5 Å². The Hall–Kier alpha value is -3.76. The maximum Gasteiger partial charge on any atom is 0.253 e. The first-order valence-corrected chi connectivity index (χ1v) is 15.4. The Morgan fingerprint density at radius 3 is 1.82 bits per heavy atom. The first-order valence-electron chi connectivity index (χ1n) is 15.4. The number of aliphatic hydroxyl groups excluding tert-OH is 2. The van der Waals surface area contributed by atoms with Crippen LogP contribution in [0.2, 0.25) is 0 Å². The van der Waals surface area contributed by atoms with Crippen molar-refractivity contribution in [3.8, 4) is 0 Å². The molecule has 44 heavy (non-hydrogen) atoms. The van der Waals surface area contributed by atoms with Gasteiger partial charge in [-0.15, -0.1) is 0 Å². The zero-order chi connectivity index (χ0) is 33.4. The van der Waals surface area contributed by atoms with Gasteiger partial charge in [-0.1, -0.05) is 77.4 Å². The molecule has 0 aliphatic heterocycles. The number of nitrogens with two attached hydrogens (primary N) is 1. The van der Waals surface area contributed by atoms with Gasteiger partial charge in [0.05, 0.1) is 18.1 Å².